The van der Waals surface area contributed by atoms with Gasteiger partial charge in [0, 0.05) is 26.2 Å². The quantitative estimate of drug-likeness (QED) is 0.703. The normalized spacial score (nSPS) is 12.0. The highest BCUT2D eigenvalue weighted by atomic mass is 16.5. The third-order valence-corrected chi connectivity index (χ3v) is 3.42. The summed E-state index contributed by atoms with van der Waals surface area (Å²) in [5, 5.41) is 0. The molecule has 21 heavy (non-hydrogen) atoms. The monoisotopic (exact) mass is 294 g/mol. The second-order valence-electron chi connectivity index (χ2n) is 5.18. The molecule has 0 aromatic carbocycles. The van der Waals surface area contributed by atoms with E-state index in [1.807, 2.05) is 24.9 Å². The van der Waals surface area contributed by atoms with E-state index in [1.54, 1.807) is 6.20 Å². The number of aromatic nitrogens is 2. The zero-order valence-electron chi connectivity index (χ0n) is 13.2. The number of hydrogen-bond donors (Lipinski definition) is 1. The number of nitrogen functional groups attached to an aromatic ring is 1. The smallest absolute Gasteiger partial charge is 0.306 e. The fourth-order valence-corrected chi connectivity index (χ4v) is 2.03. The molecule has 1 rings (SSSR count). The Morgan fingerprint density at radius 1 is 1.48 bits per heavy atom. The van der Waals surface area contributed by atoms with Crippen LogP contribution in [0.5, 0.6) is 0 Å². The summed E-state index contributed by atoms with van der Waals surface area (Å²) in [5.41, 5.74) is 5.58. The molecule has 1 heterocycles. The molecule has 1 unspecified atom stereocenters. The Balaban J connectivity index is 2.42. The molecule has 2 N–H and O–H groups in total. The molecule has 0 aliphatic rings. The van der Waals surface area contributed by atoms with Crippen molar-refractivity contribution >= 4 is 17.7 Å². The van der Waals surface area contributed by atoms with Crippen molar-refractivity contribution in [1.82, 2.24) is 9.97 Å². The number of nitrogens with zero attached hydrogens (tertiary/aromatic N) is 3. The molecule has 1 atom stereocenters. The van der Waals surface area contributed by atoms with Crippen molar-refractivity contribution in [2.75, 3.05) is 30.8 Å². The lowest BCUT2D eigenvalue weighted by Gasteiger charge is -2.21. The Hall–Kier alpha value is -1.85. The molecule has 0 spiro atoms. The van der Waals surface area contributed by atoms with Crippen LogP contribution in [0.2, 0.25) is 0 Å². The molecule has 6 heteroatoms. The van der Waals surface area contributed by atoms with Gasteiger partial charge in [-0.3, -0.25) is 4.79 Å². The van der Waals surface area contributed by atoms with E-state index in [4.69, 9.17) is 10.5 Å². The van der Waals surface area contributed by atoms with E-state index in [1.165, 1.54) is 0 Å². The van der Waals surface area contributed by atoms with Crippen molar-refractivity contribution in [3.8, 4) is 0 Å². The van der Waals surface area contributed by atoms with Gasteiger partial charge in [-0.05, 0) is 24.8 Å². The van der Waals surface area contributed by atoms with Gasteiger partial charge in [0.1, 0.15) is 5.82 Å². The van der Waals surface area contributed by atoms with Crippen LogP contribution < -0.4 is 10.6 Å². The minimum Gasteiger partial charge on any atom is -0.466 e. The lowest BCUT2D eigenvalue weighted by Crippen LogP contribution is -2.23. The maximum absolute atomic E-state index is 11.7. The molecule has 0 aliphatic heterocycles. The maximum Gasteiger partial charge on any atom is 0.306 e. The van der Waals surface area contributed by atoms with Crippen molar-refractivity contribution in [2.45, 2.75) is 39.5 Å². The van der Waals surface area contributed by atoms with E-state index in [-0.39, 0.29) is 11.9 Å². The summed E-state index contributed by atoms with van der Waals surface area (Å²) in [5.74, 6) is 1.30. The summed E-state index contributed by atoms with van der Waals surface area (Å²) < 4.78 is 5.14. The van der Waals surface area contributed by atoms with Crippen molar-refractivity contribution in [3.63, 3.8) is 0 Å². The number of hydrogen-bond acceptors (Lipinski definition) is 6. The first-order valence-corrected chi connectivity index (χ1v) is 7.52. The molecule has 0 fully saturated rings. The molecular weight excluding hydrogens is 268 g/mol. The number of esters is 1. The van der Waals surface area contributed by atoms with Crippen LogP contribution in [-0.2, 0) is 9.53 Å². The van der Waals surface area contributed by atoms with Crippen LogP contribution in [0.15, 0.2) is 12.3 Å². The predicted molar refractivity (Wildman–Crippen MR) is 84.0 cm³/mol. The van der Waals surface area contributed by atoms with Gasteiger partial charge in [-0.25, -0.2) is 4.98 Å². The van der Waals surface area contributed by atoms with Crippen LogP contribution in [0, 0.1) is 5.92 Å². The van der Waals surface area contributed by atoms with Crippen LogP contribution in [0.3, 0.4) is 0 Å². The summed E-state index contributed by atoms with van der Waals surface area (Å²) >= 11 is 0. The standard InChI is InChI=1S/C15H26N4O2/c1-4-10-21-14(20)11-12(5-2)7-9-19(3)13-6-8-17-15(16)18-13/h6,8,12H,4-5,7,9-11H2,1-3H3,(H2,16,17,18). The molecule has 1 aromatic heterocycles. The summed E-state index contributed by atoms with van der Waals surface area (Å²) in [6.45, 7) is 5.42. The van der Waals surface area contributed by atoms with Gasteiger partial charge in [0.15, 0.2) is 0 Å². The van der Waals surface area contributed by atoms with Gasteiger partial charge in [-0.2, -0.15) is 4.98 Å². The second-order valence-corrected chi connectivity index (χ2v) is 5.18. The SMILES string of the molecule is CCCOC(=O)CC(CC)CCN(C)c1ccnc(N)n1. The van der Waals surface area contributed by atoms with Crippen molar-refractivity contribution in [1.29, 1.82) is 0 Å². The largest absolute Gasteiger partial charge is 0.466 e. The first kappa shape index (κ1) is 17.2. The molecule has 0 saturated heterocycles. The Labute approximate surface area is 126 Å². The summed E-state index contributed by atoms with van der Waals surface area (Å²) in [7, 11) is 1.96. The van der Waals surface area contributed by atoms with Gasteiger partial charge in [-0.1, -0.05) is 20.3 Å². The first-order valence-electron chi connectivity index (χ1n) is 7.52. The van der Waals surface area contributed by atoms with Gasteiger partial charge in [0.05, 0.1) is 6.61 Å². The molecule has 0 radical (unpaired) electrons. The maximum atomic E-state index is 11.7. The van der Waals surface area contributed by atoms with Crippen molar-refractivity contribution < 1.29 is 9.53 Å². The van der Waals surface area contributed by atoms with Crippen molar-refractivity contribution in [2.24, 2.45) is 5.92 Å². The highest BCUT2D eigenvalue weighted by Crippen LogP contribution is 2.17. The molecule has 6 nitrogen and oxygen atoms in total. The molecule has 1 aromatic rings. The van der Waals surface area contributed by atoms with Crippen molar-refractivity contribution in [3.05, 3.63) is 12.3 Å². The van der Waals surface area contributed by atoms with E-state index < -0.39 is 0 Å². The van der Waals surface area contributed by atoms with Gasteiger partial charge in [0.25, 0.3) is 0 Å². The second kappa shape index (κ2) is 9.15. The topological polar surface area (TPSA) is 81.3 Å². The molecule has 0 amide bonds. The van der Waals surface area contributed by atoms with Gasteiger partial charge >= 0.3 is 5.97 Å². The Kier molecular flexibility index (Phi) is 7.50. The molecule has 0 bridgehead atoms. The third-order valence-electron chi connectivity index (χ3n) is 3.42. The minimum atomic E-state index is -0.0994. The van der Waals surface area contributed by atoms with Gasteiger partial charge < -0.3 is 15.4 Å². The van der Waals surface area contributed by atoms with Crippen LogP contribution in [0.4, 0.5) is 11.8 Å². The number of carbonyl (C=O) groups excluding carboxylic acids is 1. The van der Waals surface area contributed by atoms with E-state index >= 15 is 0 Å². The lowest BCUT2D eigenvalue weighted by molar-refractivity contribution is -0.144. The highest BCUT2D eigenvalue weighted by Gasteiger charge is 2.14. The first-order chi connectivity index (χ1) is 10.1. The summed E-state index contributed by atoms with van der Waals surface area (Å²) in [4.78, 5) is 21.7. The zero-order valence-corrected chi connectivity index (χ0v) is 13.2. The Bertz CT molecular complexity index is 439. The minimum absolute atomic E-state index is 0.0994. The van der Waals surface area contributed by atoms with E-state index in [9.17, 15) is 4.79 Å². The van der Waals surface area contributed by atoms with Gasteiger partial charge in [-0.15, -0.1) is 0 Å². The van der Waals surface area contributed by atoms with E-state index in [0.717, 1.165) is 31.6 Å². The number of nitrogens with two attached hydrogens (primary N) is 1. The summed E-state index contributed by atoms with van der Waals surface area (Å²) in [6.07, 6.45) is 4.86. The highest BCUT2D eigenvalue weighted by molar-refractivity contribution is 5.69. The molecular formula is C15H26N4O2. The number of ether oxygens (including phenoxy) is 1. The fraction of sp³-hybridized carbons (Fsp3) is 0.667. The Morgan fingerprint density at radius 2 is 2.24 bits per heavy atom. The molecule has 118 valence electrons. The van der Waals surface area contributed by atoms with Crippen LogP contribution in [0.25, 0.3) is 0 Å². The number of carbonyl (C=O) groups is 1. The van der Waals surface area contributed by atoms with Crippen LogP contribution in [-0.4, -0.2) is 36.1 Å². The predicted octanol–water partition coefficient (Wildman–Crippen LogP) is 2.25. The van der Waals surface area contributed by atoms with E-state index in [0.29, 0.717) is 18.9 Å². The molecule has 0 saturated carbocycles. The average molecular weight is 294 g/mol. The van der Waals surface area contributed by atoms with Gasteiger partial charge in [0.2, 0.25) is 5.95 Å². The summed E-state index contributed by atoms with van der Waals surface area (Å²) in [6, 6.07) is 1.83. The number of anilines is 2. The van der Waals surface area contributed by atoms with E-state index in [2.05, 4.69) is 16.9 Å². The molecule has 0 aliphatic carbocycles. The fourth-order valence-electron chi connectivity index (χ4n) is 2.03. The Morgan fingerprint density at radius 3 is 2.86 bits per heavy atom. The zero-order chi connectivity index (χ0) is 15.7. The number of rotatable bonds is 9. The van der Waals surface area contributed by atoms with Crippen LogP contribution in [0.1, 0.15) is 39.5 Å². The third kappa shape index (κ3) is 6.42. The lowest BCUT2D eigenvalue weighted by atomic mass is 9.98. The average Bonchev–Trinajstić information content (AvgIpc) is 2.48. The van der Waals surface area contributed by atoms with Crippen LogP contribution >= 0.6 is 0 Å².